The van der Waals surface area contributed by atoms with Crippen LogP contribution < -0.4 is 15.2 Å². The zero-order chi connectivity index (χ0) is 15.4. The van der Waals surface area contributed by atoms with Crippen LogP contribution in [0, 0.1) is 0 Å². The lowest BCUT2D eigenvalue weighted by Crippen LogP contribution is -2.32. The molecule has 0 aromatic heterocycles. The van der Waals surface area contributed by atoms with Gasteiger partial charge in [-0.2, -0.15) is 8.42 Å². The van der Waals surface area contributed by atoms with Crippen LogP contribution in [0.1, 0.15) is 26.3 Å². The summed E-state index contributed by atoms with van der Waals surface area (Å²) in [5.74, 6) is 0. The number of para-hydroxylation sites is 1. The smallest absolute Gasteiger partial charge is 0.407 e. The third-order valence-corrected chi connectivity index (χ3v) is 2.60. The van der Waals surface area contributed by atoms with Gasteiger partial charge in [0, 0.05) is 6.54 Å². The lowest BCUT2D eigenvalue weighted by atomic mass is 10.2. The maximum absolute atomic E-state index is 11.5. The van der Waals surface area contributed by atoms with Crippen molar-refractivity contribution in [1.82, 2.24) is 5.32 Å². The summed E-state index contributed by atoms with van der Waals surface area (Å²) < 4.78 is 29.3. The van der Waals surface area contributed by atoms with Crippen molar-refractivity contribution >= 4 is 22.0 Å². The second-order valence-electron chi connectivity index (χ2n) is 5.16. The topological polar surface area (TPSA) is 111 Å². The van der Waals surface area contributed by atoms with Crippen LogP contribution in [-0.4, -0.2) is 20.1 Å². The normalized spacial score (nSPS) is 11.8. The third kappa shape index (κ3) is 6.39. The van der Waals surface area contributed by atoms with Crippen molar-refractivity contribution in [3.05, 3.63) is 29.8 Å². The number of rotatable bonds is 4. The first kappa shape index (κ1) is 16.3. The number of ether oxygens (including phenoxy) is 1. The molecule has 0 heterocycles. The van der Waals surface area contributed by atoms with Gasteiger partial charge >= 0.3 is 6.09 Å². The van der Waals surface area contributed by atoms with Gasteiger partial charge in [0.25, 0.3) is 10.2 Å². The number of anilines is 1. The van der Waals surface area contributed by atoms with Crippen LogP contribution in [0.3, 0.4) is 0 Å². The van der Waals surface area contributed by atoms with Gasteiger partial charge in [0.2, 0.25) is 0 Å². The second kappa shape index (κ2) is 6.10. The van der Waals surface area contributed by atoms with Gasteiger partial charge in [0.05, 0.1) is 5.69 Å². The minimum Gasteiger partial charge on any atom is -0.444 e. The van der Waals surface area contributed by atoms with Gasteiger partial charge in [-0.15, -0.1) is 0 Å². The van der Waals surface area contributed by atoms with Gasteiger partial charge in [-0.05, 0) is 32.4 Å². The van der Waals surface area contributed by atoms with Gasteiger partial charge in [0.1, 0.15) is 5.60 Å². The molecule has 0 bridgehead atoms. The van der Waals surface area contributed by atoms with E-state index in [2.05, 4.69) is 10.0 Å². The first-order valence-corrected chi connectivity index (χ1v) is 7.47. The van der Waals surface area contributed by atoms with Crippen LogP contribution in [0.5, 0.6) is 0 Å². The molecule has 0 aliphatic carbocycles. The number of carbonyl (C=O) groups excluding carboxylic acids is 1. The average Bonchev–Trinajstić information content (AvgIpc) is 2.23. The van der Waals surface area contributed by atoms with E-state index >= 15 is 0 Å². The Hall–Kier alpha value is -1.80. The van der Waals surface area contributed by atoms with Crippen LogP contribution in [0.15, 0.2) is 24.3 Å². The quantitative estimate of drug-likeness (QED) is 0.779. The summed E-state index contributed by atoms with van der Waals surface area (Å²) in [5, 5.41) is 7.47. The minimum absolute atomic E-state index is 0.119. The molecule has 0 fully saturated rings. The van der Waals surface area contributed by atoms with Gasteiger partial charge in [0.15, 0.2) is 0 Å². The molecule has 1 aromatic carbocycles. The summed E-state index contributed by atoms with van der Waals surface area (Å²) in [6, 6.07) is 6.60. The van der Waals surface area contributed by atoms with Crippen molar-refractivity contribution in [1.29, 1.82) is 0 Å². The van der Waals surface area contributed by atoms with Crippen molar-refractivity contribution in [2.24, 2.45) is 5.14 Å². The van der Waals surface area contributed by atoms with E-state index in [1.54, 1.807) is 45.0 Å². The van der Waals surface area contributed by atoms with Crippen molar-refractivity contribution in [2.75, 3.05) is 4.72 Å². The Morgan fingerprint density at radius 3 is 2.45 bits per heavy atom. The van der Waals surface area contributed by atoms with Crippen LogP contribution in [0.2, 0.25) is 0 Å². The summed E-state index contributed by atoms with van der Waals surface area (Å²) in [4.78, 5) is 11.5. The van der Waals surface area contributed by atoms with E-state index in [-0.39, 0.29) is 6.54 Å². The molecular weight excluding hydrogens is 282 g/mol. The highest BCUT2D eigenvalue weighted by atomic mass is 32.2. The average molecular weight is 301 g/mol. The molecule has 20 heavy (non-hydrogen) atoms. The Balaban J connectivity index is 2.71. The molecular formula is C12H19N3O4S. The van der Waals surface area contributed by atoms with Crippen LogP contribution >= 0.6 is 0 Å². The number of carbonyl (C=O) groups is 1. The molecule has 1 amide bonds. The number of amides is 1. The summed E-state index contributed by atoms with van der Waals surface area (Å²) in [7, 11) is -3.86. The fourth-order valence-corrected chi connectivity index (χ4v) is 1.91. The molecule has 8 heteroatoms. The van der Waals surface area contributed by atoms with Crippen molar-refractivity contribution in [3.63, 3.8) is 0 Å². The summed E-state index contributed by atoms with van der Waals surface area (Å²) in [6.45, 7) is 5.38. The van der Waals surface area contributed by atoms with E-state index < -0.39 is 21.9 Å². The summed E-state index contributed by atoms with van der Waals surface area (Å²) in [6.07, 6.45) is -0.581. The minimum atomic E-state index is -3.86. The molecule has 7 nitrogen and oxygen atoms in total. The van der Waals surface area contributed by atoms with E-state index in [4.69, 9.17) is 9.88 Å². The van der Waals surface area contributed by atoms with E-state index in [9.17, 15) is 13.2 Å². The monoisotopic (exact) mass is 301 g/mol. The molecule has 0 atom stereocenters. The highest BCUT2D eigenvalue weighted by Crippen LogP contribution is 2.15. The maximum Gasteiger partial charge on any atom is 0.407 e. The molecule has 0 saturated carbocycles. The Bertz CT molecular complexity index is 579. The van der Waals surface area contributed by atoms with Crippen LogP contribution in [0.25, 0.3) is 0 Å². The molecule has 1 aromatic rings. The lowest BCUT2D eigenvalue weighted by Gasteiger charge is -2.20. The maximum atomic E-state index is 11.5. The second-order valence-corrected chi connectivity index (χ2v) is 6.45. The Morgan fingerprint density at radius 1 is 1.30 bits per heavy atom. The Kier molecular flexibility index (Phi) is 4.96. The fraction of sp³-hybridized carbons (Fsp3) is 0.417. The standard InChI is InChI=1S/C12H19N3O4S/c1-12(2,3)19-11(16)14-8-9-6-4-5-7-10(9)15-20(13,17)18/h4-7,15H,8H2,1-3H3,(H,14,16)(H2,13,17,18). The van der Waals surface area contributed by atoms with Crippen molar-refractivity contribution < 1.29 is 17.9 Å². The lowest BCUT2D eigenvalue weighted by molar-refractivity contribution is 0.0523. The van der Waals surface area contributed by atoms with Crippen LogP contribution in [-0.2, 0) is 21.5 Å². The number of nitrogens with two attached hydrogens (primary N) is 1. The molecule has 0 saturated heterocycles. The van der Waals surface area contributed by atoms with Gasteiger partial charge in [-0.1, -0.05) is 18.2 Å². The van der Waals surface area contributed by atoms with E-state index in [1.807, 2.05) is 0 Å². The first-order valence-electron chi connectivity index (χ1n) is 5.92. The molecule has 112 valence electrons. The molecule has 1 rings (SSSR count). The molecule has 0 radical (unpaired) electrons. The largest absolute Gasteiger partial charge is 0.444 e. The van der Waals surface area contributed by atoms with Gasteiger partial charge in [-0.25, -0.2) is 9.93 Å². The molecule has 0 spiro atoms. The molecule has 0 aliphatic heterocycles. The zero-order valence-corrected chi connectivity index (χ0v) is 12.5. The Labute approximate surface area is 118 Å². The van der Waals surface area contributed by atoms with E-state index in [0.29, 0.717) is 11.3 Å². The predicted molar refractivity (Wildman–Crippen MR) is 76.2 cm³/mol. The number of nitrogens with one attached hydrogen (secondary N) is 2. The first-order chi connectivity index (χ1) is 9.07. The molecule has 4 N–H and O–H groups in total. The van der Waals surface area contributed by atoms with E-state index in [0.717, 1.165) is 0 Å². The Morgan fingerprint density at radius 2 is 1.90 bits per heavy atom. The van der Waals surface area contributed by atoms with Gasteiger partial charge in [-0.3, -0.25) is 4.72 Å². The van der Waals surface area contributed by atoms with Crippen LogP contribution in [0.4, 0.5) is 10.5 Å². The summed E-state index contributed by atoms with van der Waals surface area (Å²) in [5.41, 5.74) is 0.293. The zero-order valence-electron chi connectivity index (χ0n) is 11.6. The number of hydrogen-bond acceptors (Lipinski definition) is 4. The van der Waals surface area contributed by atoms with Gasteiger partial charge < -0.3 is 10.1 Å². The SMILES string of the molecule is CC(C)(C)OC(=O)NCc1ccccc1NS(N)(=O)=O. The third-order valence-electron chi connectivity index (χ3n) is 2.09. The van der Waals surface area contributed by atoms with Crippen molar-refractivity contribution in [3.8, 4) is 0 Å². The number of alkyl carbamates (subject to hydrolysis) is 1. The number of hydrogen-bond donors (Lipinski definition) is 3. The fourth-order valence-electron chi connectivity index (χ4n) is 1.41. The molecule has 0 unspecified atom stereocenters. The summed E-state index contributed by atoms with van der Waals surface area (Å²) >= 11 is 0. The predicted octanol–water partition coefficient (Wildman–Crippen LogP) is 1.33. The van der Waals surface area contributed by atoms with Crippen molar-refractivity contribution in [2.45, 2.75) is 32.9 Å². The molecule has 0 aliphatic rings. The highest BCUT2D eigenvalue weighted by molar-refractivity contribution is 7.90. The number of benzene rings is 1. The van der Waals surface area contributed by atoms with E-state index in [1.165, 1.54) is 0 Å². The highest BCUT2D eigenvalue weighted by Gasteiger charge is 2.16.